The maximum Gasteiger partial charge on any atom is 0.332 e. The fraction of sp³-hybridized carbons (Fsp3) is 0.982. The molecule has 6 aliphatic carbocycles. The molecule has 13 N–H and O–H groups in total. The van der Waals surface area contributed by atoms with Gasteiger partial charge >= 0.3 is 5.97 Å². The standard InChI is InChI=1S/C20H35NO6.C19H32O7.C19H34O6.C19H34O5.2C17H30O5/c1-5-16(22)21-10-11-25-17-13(3)15-7-6-12(2)14-8-9-19(4,23)27-18(26-17)20(14,15)24;1-5-23-15(20)10-24-16-12(3)14-7-6-11(2)13-8-9-18(4,21)26-17(25-16)19(13,14)22;1-12-6-7-15-13(2)16(23-11-5-10-22-4)24-17-19(15,21)14(12)8-9-18(3,20)25-17;1-5-6-11-22-16-13(3)15-8-7-12(2)14-9-10-18(4,20)24-17(23-16)19(14,15)21;2*1-5-20-14-11(3)13-7-6-10(2)12-8-9-16(4,18)22-15(21-14)17(12,13)19/h12-15,17-18,23-24H,5-11H2,1-4H3,(H,21,22);11-14,16-17,21-22H,5-10H2,1-4H3;12-17,20-21H,5-11H2,1-4H3;12-17,20-21H,5-11H2,1-4H3;2*10-15,18-19H,5-9H2,1-4H3/t12-,13-,14?,15?,17?,18-,19+,20-;11-,12-,13?,14?,16?,17-,18+,19-;2*12-,13-,14?,15?,16?,17-,18+,19-;2*10-,11-,12?,13?,14?,15-,16+,17-/m111111/s1. The third-order valence-electron chi connectivity index (χ3n) is 38.6. The van der Waals surface area contributed by atoms with Crippen molar-refractivity contribution in [2.45, 2.75) is 483 Å². The van der Waals surface area contributed by atoms with Gasteiger partial charge in [0.2, 0.25) is 5.91 Å². The molecule has 0 aromatic carbocycles. The first-order valence-electron chi connectivity index (χ1n) is 56.8. The van der Waals surface area contributed by atoms with Crippen LogP contribution in [0.3, 0.4) is 0 Å². The van der Waals surface area contributed by atoms with Crippen LogP contribution < -0.4 is 5.32 Å². The van der Waals surface area contributed by atoms with E-state index in [4.69, 9.17) is 94.7 Å². The van der Waals surface area contributed by atoms with Crippen molar-refractivity contribution >= 4 is 11.9 Å². The number of carbonyl (C=O) groups is 2. The van der Waals surface area contributed by atoms with Crippen molar-refractivity contribution in [3.05, 3.63) is 0 Å². The van der Waals surface area contributed by atoms with Gasteiger partial charge in [0.05, 0.1) is 19.8 Å². The van der Waals surface area contributed by atoms with Gasteiger partial charge in [0, 0.05) is 156 Å². The lowest BCUT2D eigenvalue weighted by Crippen LogP contribution is -2.67. The molecule has 848 valence electrons. The molecule has 1 amide bonds. The summed E-state index contributed by atoms with van der Waals surface area (Å²) < 4.78 is 116. The second kappa shape index (κ2) is 49.0. The van der Waals surface area contributed by atoms with Crippen LogP contribution in [0.4, 0.5) is 0 Å². The first-order valence-corrected chi connectivity index (χ1v) is 56.8. The Hall–Kier alpha value is -2.30. The minimum absolute atomic E-state index is 0.00484. The Bertz CT molecular complexity index is 4000. The number of rotatable bonds is 22. The molecule has 18 unspecified atom stereocenters. The van der Waals surface area contributed by atoms with Crippen molar-refractivity contribution in [2.24, 2.45) is 142 Å². The second-order valence-electron chi connectivity index (χ2n) is 49.1. The number of nitrogens with one attached hydrogen (secondary N) is 1. The highest BCUT2D eigenvalue weighted by molar-refractivity contribution is 5.75. The molecule has 0 spiro atoms. The molecule has 0 aromatic heterocycles. The van der Waals surface area contributed by atoms with Crippen LogP contribution in [-0.4, -0.2) is 283 Å². The van der Waals surface area contributed by atoms with Gasteiger partial charge in [0.25, 0.3) is 0 Å². The van der Waals surface area contributed by atoms with Gasteiger partial charge in [-0.1, -0.05) is 103 Å². The normalized spacial score (nSPS) is 51.1. The average molecular weight is 2090 g/mol. The molecule has 18 aliphatic rings. The minimum atomic E-state index is -1.37. The Morgan fingerprint density at radius 1 is 0.281 bits per heavy atom. The zero-order valence-electron chi connectivity index (χ0n) is 92.8. The van der Waals surface area contributed by atoms with Crippen molar-refractivity contribution in [1.82, 2.24) is 5.32 Å². The van der Waals surface area contributed by atoms with Crippen LogP contribution in [0.1, 0.15) is 339 Å². The van der Waals surface area contributed by atoms with Gasteiger partial charge in [-0.05, 0) is 262 Å². The van der Waals surface area contributed by atoms with Crippen molar-refractivity contribution in [3.8, 4) is 0 Å². The number of aliphatic hydroxyl groups is 12. The molecule has 18 rings (SSSR count). The third-order valence-corrected chi connectivity index (χ3v) is 38.6. The van der Waals surface area contributed by atoms with Gasteiger partial charge < -0.3 is 161 Å². The number of amides is 1. The van der Waals surface area contributed by atoms with Gasteiger partial charge in [0.1, 0.15) is 40.2 Å². The minimum Gasteiger partial charge on any atom is -0.464 e. The van der Waals surface area contributed by atoms with Crippen LogP contribution in [0.2, 0.25) is 0 Å². The van der Waals surface area contributed by atoms with Crippen molar-refractivity contribution in [3.63, 3.8) is 0 Å². The Kier molecular flexibility index (Phi) is 40.5. The zero-order chi connectivity index (χ0) is 107. The molecule has 146 heavy (non-hydrogen) atoms. The predicted octanol–water partition coefficient (Wildman–Crippen LogP) is 13.4. The molecule has 6 saturated carbocycles. The van der Waals surface area contributed by atoms with Crippen molar-refractivity contribution in [2.75, 3.05) is 66.5 Å². The van der Waals surface area contributed by atoms with Crippen molar-refractivity contribution < 1.29 is 166 Å². The highest BCUT2D eigenvalue weighted by atomic mass is 16.8. The summed E-state index contributed by atoms with van der Waals surface area (Å²) in [5, 5.41) is 136. The first-order chi connectivity index (χ1) is 68.5. The lowest BCUT2D eigenvalue weighted by atomic mass is 9.58. The van der Waals surface area contributed by atoms with Crippen LogP contribution in [0.25, 0.3) is 0 Å². The molecule has 48 atom stereocenters. The summed E-state index contributed by atoms with van der Waals surface area (Å²) in [7, 11) is 1.67. The summed E-state index contributed by atoms with van der Waals surface area (Å²) >= 11 is 0. The van der Waals surface area contributed by atoms with E-state index in [1.165, 1.54) is 0 Å². The molecule has 0 aromatic rings. The van der Waals surface area contributed by atoms with Crippen LogP contribution in [0.5, 0.6) is 0 Å². The van der Waals surface area contributed by atoms with E-state index in [1.54, 1.807) is 62.5 Å². The van der Waals surface area contributed by atoms with Gasteiger partial charge in [-0.15, -0.1) is 0 Å². The molecule has 35 nitrogen and oxygen atoms in total. The van der Waals surface area contributed by atoms with E-state index < -0.39 is 131 Å². The summed E-state index contributed by atoms with van der Waals surface area (Å²) in [6, 6.07) is 0. The van der Waals surface area contributed by atoms with Gasteiger partial charge in [-0.2, -0.15) is 0 Å². The Morgan fingerprint density at radius 2 is 0.507 bits per heavy atom. The third kappa shape index (κ3) is 25.5. The first kappa shape index (κ1) is 121. The lowest BCUT2D eigenvalue weighted by Gasteiger charge is -2.57. The summed E-state index contributed by atoms with van der Waals surface area (Å²) in [6.45, 7) is 48.7. The van der Waals surface area contributed by atoms with Gasteiger partial charge in [-0.3, -0.25) is 4.79 Å². The molecular formula is C111H195NO34. The summed E-state index contributed by atoms with van der Waals surface area (Å²) in [5.74, 6) is -5.10. The van der Waals surface area contributed by atoms with E-state index in [0.717, 1.165) is 122 Å². The van der Waals surface area contributed by atoms with E-state index in [9.17, 15) is 70.9 Å². The zero-order valence-corrected chi connectivity index (χ0v) is 92.8. The molecule has 0 bridgehead atoms. The molecule has 12 heterocycles. The van der Waals surface area contributed by atoms with E-state index in [-0.39, 0.29) is 138 Å². The monoisotopic (exact) mass is 2090 g/mol. The summed E-state index contributed by atoms with van der Waals surface area (Å²) in [5.41, 5.74) is -6.46. The highest BCUT2D eigenvalue weighted by Crippen LogP contribution is 2.64. The molecule has 18 fully saturated rings. The van der Waals surface area contributed by atoms with E-state index >= 15 is 0 Å². The van der Waals surface area contributed by atoms with E-state index in [2.05, 4.69) is 81.5 Å². The molecular weight excluding hydrogens is 1890 g/mol. The second-order valence-corrected chi connectivity index (χ2v) is 49.1. The SMILES string of the molecule is CCC(=O)NCCOC1O[C@@H]2O[C@](C)(O)CCC3[C@H](C)CCC([C@H]1C)[C@]32O.CCCCOC1O[C@@H]2O[C@](C)(O)CCC3[C@H](C)CCC([C@H]1C)[C@]32O.CCOC(=O)COC1O[C@@H]2O[C@](C)(O)CCC3[C@H](C)CCC([C@H]1C)[C@]32O.CCOC1O[C@@H]2O[C@](C)(O)CCC3[C@H](C)CCC([C@H]1C)[C@]32O.CCOC1O[C@@H]2O[C@](C)(O)CCC3[C@H](C)CCC([C@H]1C)[C@]32O.COCCCOC1O[C@@H]2O[C@](C)(O)CCC3[C@H](C)CCC([C@H]1C)[C@]32O. The fourth-order valence-corrected chi connectivity index (χ4v) is 30.3. The molecule has 12 aliphatic heterocycles. The van der Waals surface area contributed by atoms with Crippen LogP contribution in [0.15, 0.2) is 0 Å². The van der Waals surface area contributed by atoms with Crippen LogP contribution >= 0.6 is 0 Å². The van der Waals surface area contributed by atoms with Gasteiger partial charge in [0.15, 0.2) is 110 Å². The lowest BCUT2D eigenvalue weighted by molar-refractivity contribution is -0.408. The fourth-order valence-electron chi connectivity index (χ4n) is 30.3. The number of unbranched alkanes of at least 4 members (excludes halogenated alkanes) is 1. The molecule has 0 radical (unpaired) electrons. The number of methoxy groups -OCH3 is 1. The van der Waals surface area contributed by atoms with Crippen LogP contribution in [-0.2, 0) is 104 Å². The predicted molar refractivity (Wildman–Crippen MR) is 533 cm³/mol. The number of carbonyl (C=O) groups excluding carboxylic acids is 2. The summed E-state index contributed by atoms with van der Waals surface area (Å²) in [6.07, 6.45) is 14.5. The highest BCUT2D eigenvalue weighted by Gasteiger charge is 2.72. The maximum atomic E-state index is 11.7. The van der Waals surface area contributed by atoms with E-state index in [0.29, 0.717) is 146 Å². The maximum absolute atomic E-state index is 11.7. The Morgan fingerprint density at radius 3 is 0.726 bits per heavy atom. The molecule has 12 saturated heterocycles. The molecule has 35 heteroatoms. The van der Waals surface area contributed by atoms with Crippen LogP contribution in [0, 0.1) is 142 Å². The number of hydrogen-bond acceptors (Lipinski definition) is 34. The Balaban J connectivity index is 0.000000147. The van der Waals surface area contributed by atoms with E-state index in [1.807, 2.05) is 27.7 Å². The number of ether oxygens (including phenoxy) is 20. The summed E-state index contributed by atoms with van der Waals surface area (Å²) in [4.78, 5) is 23.0. The Labute approximate surface area is 869 Å². The quantitative estimate of drug-likeness (QED) is 0.0354. The smallest absolute Gasteiger partial charge is 0.332 e. The number of esters is 1. The van der Waals surface area contributed by atoms with Gasteiger partial charge in [-0.25, -0.2) is 4.79 Å². The topological polar surface area (TPSA) is 474 Å². The van der Waals surface area contributed by atoms with Crippen molar-refractivity contribution in [1.29, 1.82) is 0 Å². The largest absolute Gasteiger partial charge is 0.464 e. The average Bonchev–Trinajstić information content (AvgIpc) is 1.40. The number of hydrogen-bond donors (Lipinski definition) is 13.